The van der Waals surface area contributed by atoms with Gasteiger partial charge in [0.05, 0.1) is 0 Å². The molecule has 0 heterocycles. The summed E-state index contributed by atoms with van der Waals surface area (Å²) >= 11 is 0. The van der Waals surface area contributed by atoms with Crippen LogP contribution in [0.5, 0.6) is 0 Å². The van der Waals surface area contributed by atoms with Gasteiger partial charge in [-0.25, -0.2) is 0 Å². The molecule has 0 aliphatic rings. The average Bonchev–Trinajstić information content (AvgIpc) is 1.89. The van der Waals surface area contributed by atoms with E-state index in [1.165, 1.54) is 39.3 Å². The molecule has 0 spiro atoms. The van der Waals surface area contributed by atoms with Crippen LogP contribution in [-0.4, -0.2) is 40.9 Å². The number of alkyl halides is 6. The van der Waals surface area contributed by atoms with Gasteiger partial charge in [-0.15, -0.1) is 0 Å². The lowest BCUT2D eigenvalue weighted by atomic mass is 11.5. The van der Waals surface area contributed by atoms with Crippen LogP contribution in [0.25, 0.3) is 0 Å². The Morgan fingerprint density at radius 2 is 0.889 bits per heavy atom. The van der Waals surface area contributed by atoms with E-state index in [4.69, 9.17) is 0 Å². The molecule has 0 aromatic rings. The fraction of sp³-hybridized carbons (Fsp3) is 1.00. The molecule has 0 aromatic heterocycles. The second-order valence-electron chi connectivity index (χ2n) is 6.02. The van der Waals surface area contributed by atoms with Gasteiger partial charge in [-0.1, -0.05) is 39.3 Å². The van der Waals surface area contributed by atoms with Gasteiger partial charge in [0.1, 0.15) is 16.5 Å². The van der Waals surface area contributed by atoms with E-state index in [0.29, 0.717) is 0 Å². The molecular formula is C8H18F6NSi3. The van der Waals surface area contributed by atoms with Gasteiger partial charge < -0.3 is 3.90 Å². The number of hydrogen-bond acceptors (Lipinski definition) is 1. The molecule has 0 aromatic carbocycles. The highest BCUT2D eigenvalue weighted by Gasteiger charge is 2.66. The smallest absolute Gasteiger partial charge is 0.355 e. The maximum atomic E-state index is 12.9. The third-order valence-corrected chi connectivity index (χ3v) is 15.7. The summed E-state index contributed by atoms with van der Waals surface area (Å²) in [5, 5.41) is 0. The summed E-state index contributed by atoms with van der Waals surface area (Å²) in [5.74, 6) is -10.4. The second-order valence-corrected chi connectivity index (χ2v) is 19.2. The fourth-order valence-corrected chi connectivity index (χ4v) is 17.9. The third-order valence-electron chi connectivity index (χ3n) is 2.10. The van der Waals surface area contributed by atoms with Gasteiger partial charge in [0.25, 0.3) is 0 Å². The maximum absolute atomic E-state index is 12.9. The Kier molecular flexibility index (Phi) is 5.00. The van der Waals surface area contributed by atoms with Crippen molar-refractivity contribution in [3.63, 3.8) is 0 Å². The molecule has 0 fully saturated rings. The van der Waals surface area contributed by atoms with E-state index in [-0.39, 0.29) is 0 Å². The largest absolute Gasteiger partial charge is 0.387 e. The van der Waals surface area contributed by atoms with E-state index in [0.717, 1.165) is 3.90 Å². The molecule has 0 aliphatic carbocycles. The molecule has 18 heavy (non-hydrogen) atoms. The van der Waals surface area contributed by atoms with E-state index in [1.807, 2.05) is 0 Å². The molecular weight excluding hydrogens is 308 g/mol. The molecule has 10 heteroatoms. The zero-order chi connectivity index (χ0) is 15.2. The lowest BCUT2D eigenvalue weighted by Crippen LogP contribution is -2.73. The highest BCUT2D eigenvalue weighted by Crippen LogP contribution is 2.38. The van der Waals surface area contributed by atoms with Crippen LogP contribution in [0.4, 0.5) is 26.3 Å². The van der Waals surface area contributed by atoms with Crippen molar-refractivity contribution in [2.24, 2.45) is 0 Å². The van der Waals surface area contributed by atoms with Crippen molar-refractivity contribution in [2.45, 2.75) is 50.9 Å². The Morgan fingerprint density at radius 3 is 0.944 bits per heavy atom. The van der Waals surface area contributed by atoms with Crippen LogP contribution in [0, 0.1) is 0 Å². The van der Waals surface area contributed by atoms with E-state index < -0.39 is 37.0 Å². The summed E-state index contributed by atoms with van der Waals surface area (Å²) in [7, 11) is -9.98. The molecule has 1 nitrogen and oxygen atoms in total. The maximum Gasteiger partial charge on any atom is 0.387 e. The van der Waals surface area contributed by atoms with Gasteiger partial charge in [-0.05, 0) is 0 Å². The van der Waals surface area contributed by atoms with Crippen molar-refractivity contribution in [1.82, 2.24) is 3.90 Å². The Balaban J connectivity index is 5.84. The summed E-state index contributed by atoms with van der Waals surface area (Å²) in [6.07, 6.45) is 0. The minimum Gasteiger partial charge on any atom is -0.355 e. The molecule has 0 bridgehead atoms. The normalized spacial score (nSPS) is 15.7. The number of hydrogen-bond donors (Lipinski definition) is 0. The van der Waals surface area contributed by atoms with E-state index in [1.54, 1.807) is 0 Å². The predicted octanol–water partition coefficient (Wildman–Crippen LogP) is 4.15. The molecule has 0 aliphatic heterocycles. The third kappa shape index (κ3) is 4.70. The predicted molar refractivity (Wildman–Crippen MR) is 66.4 cm³/mol. The van der Waals surface area contributed by atoms with Crippen LogP contribution in [-0.2, 0) is 0 Å². The Labute approximate surface area is 107 Å². The first-order valence-corrected chi connectivity index (χ1v) is 13.6. The first-order valence-electron chi connectivity index (χ1n) is 5.30. The average molecular weight is 326 g/mol. The van der Waals surface area contributed by atoms with Crippen molar-refractivity contribution < 1.29 is 26.3 Å². The second kappa shape index (κ2) is 4.94. The van der Waals surface area contributed by atoms with Crippen molar-refractivity contribution in [3.8, 4) is 0 Å². The molecule has 1 radical (unpaired) electrons. The van der Waals surface area contributed by atoms with Crippen LogP contribution in [0.3, 0.4) is 0 Å². The number of halogens is 6. The summed E-state index contributed by atoms with van der Waals surface area (Å²) < 4.78 is 78.0. The standard InChI is InChI=1S/C8H18F6NSi3/c1-17(2,3)15(18(4,5)6)16(7(9,10)11)8(12,13)14/h1-6H3. The molecule has 109 valence electrons. The lowest BCUT2D eigenvalue weighted by molar-refractivity contribution is -0.110. The van der Waals surface area contributed by atoms with Gasteiger partial charge in [0, 0.05) is 0 Å². The number of rotatable bonds is 3. The molecule has 0 N–H and O–H groups in total. The highest BCUT2D eigenvalue weighted by molar-refractivity contribution is 6.99. The van der Waals surface area contributed by atoms with Crippen molar-refractivity contribution >= 4 is 25.4 Å². The Hall–Kier alpha value is 0.191. The number of nitrogens with zero attached hydrogens (tertiary/aromatic N) is 1. The Morgan fingerprint density at radius 1 is 0.667 bits per heavy atom. The lowest BCUT2D eigenvalue weighted by Gasteiger charge is -2.48. The SMILES string of the molecule is C[Si](C)(C)N([Si](C(F)(F)F)C(F)(F)F)[Si](C)(C)C. The minimum absolute atomic E-state index is 0.838. The van der Waals surface area contributed by atoms with Gasteiger partial charge >= 0.3 is 20.6 Å². The van der Waals surface area contributed by atoms with E-state index >= 15 is 0 Å². The van der Waals surface area contributed by atoms with Crippen LogP contribution in [0.15, 0.2) is 0 Å². The van der Waals surface area contributed by atoms with Crippen LogP contribution in [0.2, 0.25) is 39.3 Å². The molecule has 0 amide bonds. The molecule has 0 saturated carbocycles. The fourth-order valence-electron chi connectivity index (χ4n) is 2.09. The summed E-state index contributed by atoms with van der Waals surface area (Å²) in [6, 6.07) is 0. The minimum atomic E-state index is -5.19. The topological polar surface area (TPSA) is 3.24 Å². The van der Waals surface area contributed by atoms with Crippen LogP contribution in [0.1, 0.15) is 0 Å². The van der Waals surface area contributed by atoms with Crippen molar-refractivity contribution in [2.75, 3.05) is 0 Å². The summed E-state index contributed by atoms with van der Waals surface area (Å²) in [6.45, 7) is 9.21. The molecule has 0 unspecified atom stereocenters. The Bertz CT molecular complexity index is 229. The van der Waals surface area contributed by atoms with E-state index in [9.17, 15) is 26.3 Å². The van der Waals surface area contributed by atoms with Crippen molar-refractivity contribution in [3.05, 3.63) is 0 Å². The zero-order valence-corrected chi connectivity index (χ0v) is 14.2. The highest BCUT2D eigenvalue weighted by atomic mass is 28.5. The quantitative estimate of drug-likeness (QED) is 0.556. The van der Waals surface area contributed by atoms with Crippen LogP contribution >= 0.6 is 0 Å². The summed E-state index contributed by atoms with van der Waals surface area (Å²) in [5.41, 5.74) is 0. The van der Waals surface area contributed by atoms with Gasteiger partial charge in [0.15, 0.2) is 0 Å². The summed E-state index contributed by atoms with van der Waals surface area (Å²) in [4.78, 5) is 0. The monoisotopic (exact) mass is 326 g/mol. The van der Waals surface area contributed by atoms with Crippen LogP contribution < -0.4 is 0 Å². The van der Waals surface area contributed by atoms with Gasteiger partial charge in [-0.2, -0.15) is 26.3 Å². The van der Waals surface area contributed by atoms with Gasteiger partial charge in [0.2, 0.25) is 0 Å². The van der Waals surface area contributed by atoms with Gasteiger partial charge in [-0.3, -0.25) is 0 Å². The molecule has 0 saturated heterocycles. The first-order chi connectivity index (χ1) is 7.49. The molecule has 0 atom stereocenters. The van der Waals surface area contributed by atoms with Crippen molar-refractivity contribution in [1.29, 1.82) is 0 Å². The van der Waals surface area contributed by atoms with E-state index in [2.05, 4.69) is 0 Å². The first kappa shape index (κ1) is 18.2. The zero-order valence-electron chi connectivity index (χ0n) is 11.2. The molecule has 0 rings (SSSR count).